The second-order valence-electron chi connectivity index (χ2n) is 4.28. The van der Waals surface area contributed by atoms with Crippen LogP contribution in [0.25, 0.3) is 11.1 Å². The molecule has 0 fully saturated rings. The molecule has 0 aliphatic rings. The van der Waals surface area contributed by atoms with Gasteiger partial charge in [0.1, 0.15) is 5.75 Å². The predicted octanol–water partition coefficient (Wildman–Crippen LogP) is 3.41. The van der Waals surface area contributed by atoms with Crippen LogP contribution in [0.15, 0.2) is 42.5 Å². The molecule has 0 spiro atoms. The van der Waals surface area contributed by atoms with Crippen LogP contribution in [0.5, 0.6) is 5.75 Å². The van der Waals surface area contributed by atoms with E-state index in [1.165, 1.54) is 18.7 Å². The second kappa shape index (κ2) is 5.57. The fourth-order valence-electron chi connectivity index (χ4n) is 1.97. The minimum atomic E-state index is -0.409. The molecule has 0 unspecified atom stereocenters. The number of hydrogen-bond donors (Lipinski definition) is 1. The van der Waals surface area contributed by atoms with Gasteiger partial charge in [0.15, 0.2) is 0 Å². The van der Waals surface area contributed by atoms with E-state index in [1.807, 2.05) is 24.3 Å². The van der Waals surface area contributed by atoms with Crippen LogP contribution in [0.1, 0.15) is 22.8 Å². The van der Waals surface area contributed by atoms with Gasteiger partial charge in [-0.15, -0.1) is 0 Å². The molecule has 2 aromatic rings. The summed E-state index contributed by atoms with van der Waals surface area (Å²) in [6, 6.07) is 12.6. The number of hydrogen-bond acceptors (Lipinski definition) is 3. The van der Waals surface area contributed by atoms with Gasteiger partial charge in [0.25, 0.3) is 0 Å². The van der Waals surface area contributed by atoms with Gasteiger partial charge in [0.2, 0.25) is 0 Å². The van der Waals surface area contributed by atoms with Crippen molar-refractivity contribution in [2.45, 2.75) is 13.3 Å². The molecule has 19 heavy (non-hydrogen) atoms. The van der Waals surface area contributed by atoms with Gasteiger partial charge < -0.3 is 9.84 Å². The van der Waals surface area contributed by atoms with Crippen molar-refractivity contribution in [3.8, 4) is 16.9 Å². The van der Waals surface area contributed by atoms with Crippen molar-refractivity contribution in [1.29, 1.82) is 0 Å². The van der Waals surface area contributed by atoms with Crippen LogP contribution in [0.4, 0.5) is 0 Å². The number of phenolic OH excluding ortho intramolecular Hbond substituents is 1. The van der Waals surface area contributed by atoms with Gasteiger partial charge in [0.05, 0.1) is 12.7 Å². The number of rotatable bonds is 3. The molecule has 2 rings (SSSR count). The Balaban J connectivity index is 2.51. The van der Waals surface area contributed by atoms with Crippen LogP contribution in [-0.2, 0) is 11.2 Å². The highest BCUT2D eigenvalue weighted by Crippen LogP contribution is 2.30. The molecule has 2 aromatic carbocycles. The molecule has 98 valence electrons. The SMILES string of the molecule is CCc1cccc(-c2cc(C(=O)OC)ccc2O)c1. The molecule has 1 N–H and O–H groups in total. The van der Waals surface area contributed by atoms with E-state index >= 15 is 0 Å². The Bertz CT molecular complexity index is 603. The lowest BCUT2D eigenvalue weighted by Crippen LogP contribution is -2.01. The zero-order chi connectivity index (χ0) is 13.8. The lowest BCUT2D eigenvalue weighted by molar-refractivity contribution is 0.0601. The van der Waals surface area contributed by atoms with Crippen molar-refractivity contribution in [3.63, 3.8) is 0 Å². The van der Waals surface area contributed by atoms with Crippen molar-refractivity contribution >= 4 is 5.97 Å². The zero-order valence-corrected chi connectivity index (χ0v) is 11.0. The Morgan fingerprint density at radius 3 is 2.68 bits per heavy atom. The molecule has 0 amide bonds. The van der Waals surface area contributed by atoms with Crippen molar-refractivity contribution in [2.75, 3.05) is 7.11 Å². The van der Waals surface area contributed by atoms with E-state index in [1.54, 1.807) is 12.1 Å². The number of phenols is 1. The van der Waals surface area contributed by atoms with Gasteiger partial charge in [-0.2, -0.15) is 0 Å². The fourth-order valence-corrected chi connectivity index (χ4v) is 1.97. The zero-order valence-electron chi connectivity index (χ0n) is 11.0. The first-order chi connectivity index (χ1) is 9.15. The summed E-state index contributed by atoms with van der Waals surface area (Å²) in [6.07, 6.45) is 0.922. The molecule has 0 aromatic heterocycles. The maximum absolute atomic E-state index is 11.5. The van der Waals surface area contributed by atoms with E-state index in [9.17, 15) is 9.90 Å². The van der Waals surface area contributed by atoms with Crippen LogP contribution in [0.2, 0.25) is 0 Å². The Morgan fingerprint density at radius 1 is 1.21 bits per heavy atom. The van der Waals surface area contributed by atoms with Crippen molar-refractivity contribution in [3.05, 3.63) is 53.6 Å². The van der Waals surface area contributed by atoms with E-state index in [0.29, 0.717) is 11.1 Å². The molecule has 0 aliphatic heterocycles. The smallest absolute Gasteiger partial charge is 0.337 e. The third kappa shape index (κ3) is 2.76. The predicted molar refractivity (Wildman–Crippen MR) is 74.3 cm³/mol. The molecule has 3 heteroatoms. The summed E-state index contributed by atoms with van der Waals surface area (Å²) in [7, 11) is 1.34. The van der Waals surface area contributed by atoms with E-state index in [0.717, 1.165) is 12.0 Å². The van der Waals surface area contributed by atoms with Crippen LogP contribution >= 0.6 is 0 Å². The summed E-state index contributed by atoms with van der Waals surface area (Å²) in [5, 5.41) is 9.95. The van der Waals surface area contributed by atoms with Gasteiger partial charge in [-0.1, -0.05) is 31.2 Å². The maximum atomic E-state index is 11.5. The Hall–Kier alpha value is -2.29. The summed E-state index contributed by atoms with van der Waals surface area (Å²) in [5.74, 6) is -0.256. The lowest BCUT2D eigenvalue weighted by atomic mass is 9.99. The van der Waals surface area contributed by atoms with Crippen LogP contribution < -0.4 is 0 Å². The van der Waals surface area contributed by atoms with Crippen molar-refractivity contribution in [1.82, 2.24) is 0 Å². The number of carbonyl (C=O) groups is 1. The first kappa shape index (κ1) is 13.1. The van der Waals surface area contributed by atoms with E-state index in [2.05, 4.69) is 6.92 Å². The summed E-state index contributed by atoms with van der Waals surface area (Å²) < 4.78 is 4.69. The van der Waals surface area contributed by atoms with Gasteiger partial charge in [0, 0.05) is 5.56 Å². The second-order valence-corrected chi connectivity index (χ2v) is 4.28. The highest BCUT2D eigenvalue weighted by Gasteiger charge is 2.11. The highest BCUT2D eigenvalue weighted by molar-refractivity contribution is 5.91. The van der Waals surface area contributed by atoms with Gasteiger partial charge >= 0.3 is 5.97 Å². The van der Waals surface area contributed by atoms with E-state index in [4.69, 9.17) is 4.74 Å². The summed E-state index contributed by atoms with van der Waals surface area (Å²) >= 11 is 0. The topological polar surface area (TPSA) is 46.5 Å². The number of methoxy groups -OCH3 is 1. The summed E-state index contributed by atoms with van der Waals surface area (Å²) in [6.45, 7) is 2.07. The number of aromatic hydroxyl groups is 1. The molecule has 0 aliphatic carbocycles. The molecule has 3 nitrogen and oxygen atoms in total. The minimum Gasteiger partial charge on any atom is -0.507 e. The molecular formula is C16H16O3. The molecule has 0 atom stereocenters. The van der Waals surface area contributed by atoms with E-state index < -0.39 is 5.97 Å². The molecule has 0 radical (unpaired) electrons. The van der Waals surface area contributed by atoms with Gasteiger partial charge in [-0.3, -0.25) is 0 Å². The number of esters is 1. The van der Waals surface area contributed by atoms with Crippen molar-refractivity contribution in [2.24, 2.45) is 0 Å². The monoisotopic (exact) mass is 256 g/mol. The van der Waals surface area contributed by atoms with Crippen LogP contribution in [-0.4, -0.2) is 18.2 Å². The van der Waals surface area contributed by atoms with Crippen LogP contribution in [0, 0.1) is 0 Å². The first-order valence-electron chi connectivity index (χ1n) is 6.16. The van der Waals surface area contributed by atoms with Crippen molar-refractivity contribution < 1.29 is 14.6 Å². The minimum absolute atomic E-state index is 0.154. The molecule has 0 heterocycles. The number of aryl methyl sites for hydroxylation is 1. The van der Waals surface area contributed by atoms with Crippen LogP contribution in [0.3, 0.4) is 0 Å². The third-order valence-corrected chi connectivity index (χ3v) is 3.06. The van der Waals surface area contributed by atoms with E-state index in [-0.39, 0.29) is 5.75 Å². The molecule has 0 saturated heterocycles. The van der Waals surface area contributed by atoms with Gasteiger partial charge in [-0.05, 0) is 35.7 Å². The lowest BCUT2D eigenvalue weighted by Gasteiger charge is -2.08. The quantitative estimate of drug-likeness (QED) is 0.856. The maximum Gasteiger partial charge on any atom is 0.337 e. The molecular weight excluding hydrogens is 240 g/mol. The Labute approximate surface area is 112 Å². The molecule has 0 bridgehead atoms. The summed E-state index contributed by atoms with van der Waals surface area (Å²) in [4.78, 5) is 11.5. The Kier molecular flexibility index (Phi) is 3.85. The highest BCUT2D eigenvalue weighted by atomic mass is 16.5. The third-order valence-electron chi connectivity index (χ3n) is 3.06. The average Bonchev–Trinajstić information content (AvgIpc) is 2.47. The molecule has 0 saturated carbocycles. The standard InChI is InChI=1S/C16H16O3/c1-3-11-5-4-6-12(9-11)14-10-13(16(18)19-2)7-8-15(14)17/h4-10,17H,3H2,1-2H3. The number of ether oxygens (including phenoxy) is 1. The fraction of sp³-hybridized carbons (Fsp3) is 0.188. The normalized spacial score (nSPS) is 10.2. The summed E-state index contributed by atoms with van der Waals surface area (Å²) in [5.41, 5.74) is 3.14. The first-order valence-corrected chi connectivity index (χ1v) is 6.16. The Morgan fingerprint density at radius 2 is 2.00 bits per heavy atom. The van der Waals surface area contributed by atoms with Gasteiger partial charge in [-0.25, -0.2) is 4.79 Å². The number of benzene rings is 2. The number of carbonyl (C=O) groups excluding carboxylic acids is 1. The average molecular weight is 256 g/mol. The largest absolute Gasteiger partial charge is 0.507 e.